The number of nitrogens with zero attached hydrogens (tertiary/aromatic N) is 8. The van der Waals surface area contributed by atoms with Crippen LogP contribution in [0.1, 0.15) is 57.6 Å². The van der Waals surface area contributed by atoms with E-state index in [-0.39, 0.29) is 92.9 Å². The quantitative estimate of drug-likeness (QED) is 0.367. The van der Waals surface area contributed by atoms with Crippen molar-refractivity contribution in [2.75, 3.05) is 54.4 Å². The second kappa shape index (κ2) is 13.6. The molecule has 0 bridgehead atoms. The number of aromatic nitrogens is 5. The van der Waals surface area contributed by atoms with Gasteiger partial charge in [-0.3, -0.25) is 9.59 Å². The van der Waals surface area contributed by atoms with Crippen LogP contribution in [0, 0.1) is 6.92 Å². The molecule has 0 radical (unpaired) electrons. The van der Waals surface area contributed by atoms with E-state index in [1.807, 2.05) is 4.90 Å². The summed E-state index contributed by atoms with van der Waals surface area (Å²) in [6, 6.07) is 1.89. The summed E-state index contributed by atoms with van der Waals surface area (Å²) < 4.78 is 74.0. The van der Waals surface area contributed by atoms with Gasteiger partial charge in [-0.15, -0.1) is 5.10 Å². The number of pyridine rings is 1. The molecule has 3 aromatic rings. The SMILES string of the molecule is CCc1c(N2CCN(C(=O)OC(C)(C)C)CC2)c(=O)n2nc(N3CCC(=C(F)F)CC3)nc2n1CC(=O)Nc1ccc(C(F)(F)F)nc1C. The molecular weight excluding hydrogens is 657 g/mol. The zero-order valence-electron chi connectivity index (χ0n) is 27.8. The van der Waals surface area contributed by atoms with Crippen LogP contribution >= 0.6 is 0 Å². The molecule has 0 aliphatic carbocycles. The molecule has 2 saturated heterocycles. The number of halogens is 5. The first-order valence-corrected chi connectivity index (χ1v) is 15.8. The number of aryl methyl sites for hydroxylation is 1. The summed E-state index contributed by atoms with van der Waals surface area (Å²) in [4.78, 5) is 53.5. The third kappa shape index (κ3) is 7.77. The highest BCUT2D eigenvalue weighted by Crippen LogP contribution is 2.30. The number of rotatable bonds is 6. The minimum absolute atomic E-state index is 0.0309. The molecule has 5 heterocycles. The summed E-state index contributed by atoms with van der Waals surface area (Å²) in [6.45, 7) is 9.49. The number of carbonyl (C=O) groups excluding carboxylic acids is 2. The molecule has 18 heteroatoms. The number of anilines is 3. The van der Waals surface area contributed by atoms with E-state index in [4.69, 9.17) is 4.74 Å². The number of piperidine rings is 1. The highest BCUT2D eigenvalue weighted by molar-refractivity contribution is 5.91. The van der Waals surface area contributed by atoms with Gasteiger partial charge in [0.2, 0.25) is 17.6 Å². The van der Waals surface area contributed by atoms with Crippen molar-refractivity contribution in [1.82, 2.24) is 29.0 Å². The van der Waals surface area contributed by atoms with Crippen molar-refractivity contribution in [3.05, 3.63) is 51.2 Å². The smallest absolute Gasteiger partial charge is 0.433 e. The summed E-state index contributed by atoms with van der Waals surface area (Å²) in [5.74, 6) is -0.467. The highest BCUT2D eigenvalue weighted by atomic mass is 19.4. The van der Waals surface area contributed by atoms with Crippen LogP contribution in [0.3, 0.4) is 0 Å². The Bertz CT molecular complexity index is 1830. The van der Waals surface area contributed by atoms with E-state index in [1.165, 1.54) is 11.5 Å². The van der Waals surface area contributed by atoms with E-state index in [0.29, 0.717) is 5.69 Å². The van der Waals surface area contributed by atoms with Crippen molar-refractivity contribution >= 4 is 35.1 Å². The lowest BCUT2D eigenvalue weighted by molar-refractivity contribution is -0.141. The van der Waals surface area contributed by atoms with Crippen LogP contribution in [0.4, 0.5) is 44.1 Å². The van der Waals surface area contributed by atoms with Gasteiger partial charge in [0.15, 0.2) is 0 Å². The molecule has 49 heavy (non-hydrogen) atoms. The minimum Gasteiger partial charge on any atom is -0.444 e. The van der Waals surface area contributed by atoms with Gasteiger partial charge in [0, 0.05) is 39.3 Å². The summed E-state index contributed by atoms with van der Waals surface area (Å²) in [7, 11) is 0. The van der Waals surface area contributed by atoms with Gasteiger partial charge in [0.25, 0.3) is 11.6 Å². The van der Waals surface area contributed by atoms with E-state index in [2.05, 4.69) is 20.4 Å². The molecular formula is C31H38F5N9O4. The summed E-state index contributed by atoms with van der Waals surface area (Å²) >= 11 is 0. The van der Waals surface area contributed by atoms with Gasteiger partial charge in [0.05, 0.1) is 17.1 Å². The molecule has 0 saturated carbocycles. The first kappa shape index (κ1) is 35.5. The lowest BCUT2D eigenvalue weighted by Crippen LogP contribution is -2.51. The molecule has 2 fully saturated rings. The second-order valence-electron chi connectivity index (χ2n) is 12.8. The zero-order valence-corrected chi connectivity index (χ0v) is 27.8. The number of nitrogens with one attached hydrogen (secondary N) is 1. The number of ether oxygens (including phenoxy) is 1. The fourth-order valence-electron chi connectivity index (χ4n) is 5.84. The summed E-state index contributed by atoms with van der Waals surface area (Å²) in [5.41, 5.74) is -1.52. The number of fused-ring (bicyclic) bond motifs is 1. The number of hydrogen-bond donors (Lipinski definition) is 1. The Labute approximate surface area is 278 Å². The molecule has 0 aromatic carbocycles. The first-order valence-electron chi connectivity index (χ1n) is 15.8. The molecule has 266 valence electrons. The normalized spacial score (nSPS) is 16.0. The fourth-order valence-corrected chi connectivity index (χ4v) is 5.84. The maximum absolute atomic E-state index is 14.1. The van der Waals surface area contributed by atoms with Crippen LogP contribution in [-0.4, -0.2) is 85.9 Å². The highest BCUT2D eigenvalue weighted by Gasteiger charge is 2.34. The van der Waals surface area contributed by atoms with Crippen molar-refractivity contribution in [2.45, 2.75) is 72.2 Å². The number of hydrogen-bond acceptors (Lipinski definition) is 9. The van der Waals surface area contributed by atoms with Gasteiger partial charge in [-0.25, -0.2) is 9.78 Å². The maximum Gasteiger partial charge on any atom is 0.433 e. The second-order valence-corrected chi connectivity index (χ2v) is 12.8. The molecule has 0 unspecified atom stereocenters. The van der Waals surface area contributed by atoms with Crippen molar-refractivity contribution < 1.29 is 36.3 Å². The topological polar surface area (TPSA) is 130 Å². The van der Waals surface area contributed by atoms with Gasteiger partial charge in [-0.2, -0.15) is 31.5 Å². The van der Waals surface area contributed by atoms with E-state index in [1.54, 1.807) is 37.5 Å². The predicted molar refractivity (Wildman–Crippen MR) is 170 cm³/mol. The number of piperazine rings is 1. The number of carbonyl (C=O) groups is 2. The van der Waals surface area contributed by atoms with Gasteiger partial charge in [-0.1, -0.05) is 6.92 Å². The Hall–Kier alpha value is -4.77. The molecule has 0 spiro atoms. The van der Waals surface area contributed by atoms with Crippen LogP contribution in [0.5, 0.6) is 0 Å². The van der Waals surface area contributed by atoms with Crippen LogP contribution in [-0.2, 0) is 28.7 Å². The lowest BCUT2D eigenvalue weighted by atomic mass is 10.1. The Morgan fingerprint density at radius 2 is 1.61 bits per heavy atom. The van der Waals surface area contributed by atoms with E-state index < -0.39 is 47.7 Å². The average molecular weight is 696 g/mol. The Kier molecular flexibility index (Phi) is 9.88. The standard InChI is InChI=1S/C31H38F5N9O4/c1-6-21-24(41-13-15-43(16-14-41)29(48)49-30(3,4)5)26(47)45-28(39-27(40-45)42-11-9-19(10-12-42)25(32)33)44(21)17-23(46)38-20-7-8-22(31(34,35)36)37-18(20)2/h7-8H,6,9-17H2,1-5H3,(H,38,46). The molecule has 5 rings (SSSR count). The first-order chi connectivity index (χ1) is 23.0. The molecule has 13 nitrogen and oxygen atoms in total. The predicted octanol–water partition coefficient (Wildman–Crippen LogP) is 4.62. The van der Waals surface area contributed by atoms with E-state index in [9.17, 15) is 36.3 Å². The van der Waals surface area contributed by atoms with Crippen molar-refractivity contribution in [3.63, 3.8) is 0 Å². The van der Waals surface area contributed by atoms with Crippen molar-refractivity contribution in [1.29, 1.82) is 0 Å². The summed E-state index contributed by atoms with van der Waals surface area (Å²) in [6.07, 6.45) is -6.38. The van der Waals surface area contributed by atoms with Crippen molar-refractivity contribution in [3.8, 4) is 0 Å². The molecule has 0 atom stereocenters. The Morgan fingerprint density at radius 1 is 0.959 bits per heavy atom. The molecule has 3 aromatic heterocycles. The Balaban J connectivity index is 1.51. The monoisotopic (exact) mass is 695 g/mol. The van der Waals surface area contributed by atoms with Gasteiger partial charge in [-0.05, 0) is 64.7 Å². The van der Waals surface area contributed by atoms with Gasteiger partial charge < -0.3 is 29.3 Å². The maximum atomic E-state index is 14.1. The van der Waals surface area contributed by atoms with Crippen LogP contribution in [0.15, 0.2) is 28.6 Å². The van der Waals surface area contributed by atoms with Crippen molar-refractivity contribution in [2.24, 2.45) is 0 Å². The van der Waals surface area contributed by atoms with Gasteiger partial charge >= 0.3 is 12.3 Å². The molecule has 2 amide bonds. The molecule has 2 aliphatic heterocycles. The van der Waals surface area contributed by atoms with Crippen LogP contribution in [0.25, 0.3) is 5.78 Å². The van der Waals surface area contributed by atoms with E-state index >= 15 is 0 Å². The minimum atomic E-state index is -4.66. The van der Waals surface area contributed by atoms with E-state index in [0.717, 1.165) is 16.6 Å². The number of amides is 2. The van der Waals surface area contributed by atoms with Crippen LogP contribution in [0.2, 0.25) is 0 Å². The Morgan fingerprint density at radius 3 is 2.16 bits per heavy atom. The average Bonchev–Trinajstić information content (AvgIpc) is 3.48. The number of alkyl halides is 3. The third-order valence-corrected chi connectivity index (χ3v) is 8.27. The summed E-state index contributed by atoms with van der Waals surface area (Å²) in [5, 5.41) is 7.06. The zero-order chi connectivity index (χ0) is 35.8. The fraction of sp³-hybridized carbons (Fsp3) is 0.548. The third-order valence-electron chi connectivity index (χ3n) is 8.27. The molecule has 1 N–H and O–H groups in total. The molecule has 2 aliphatic rings. The lowest BCUT2D eigenvalue weighted by Gasteiger charge is -2.37. The van der Waals surface area contributed by atoms with Gasteiger partial charge in [0.1, 0.15) is 23.5 Å². The van der Waals surface area contributed by atoms with Crippen LogP contribution < -0.4 is 20.7 Å². The largest absolute Gasteiger partial charge is 0.444 e.